The van der Waals surface area contributed by atoms with Gasteiger partial charge in [0, 0.05) is 12.1 Å². The fourth-order valence-corrected chi connectivity index (χ4v) is 1.45. The standard InChI is InChI=1S/C13H18N2O3/c1-9(8-14)6-12(16)15-11-5-3-4-10(7-11)13(17)18-2/h3-5,7,9H,6,8,14H2,1-2H3,(H,15,16). The Labute approximate surface area is 106 Å². The third kappa shape index (κ3) is 4.18. The summed E-state index contributed by atoms with van der Waals surface area (Å²) in [6, 6.07) is 6.62. The molecule has 5 heteroatoms. The molecule has 18 heavy (non-hydrogen) atoms. The molecule has 0 saturated carbocycles. The monoisotopic (exact) mass is 250 g/mol. The van der Waals surface area contributed by atoms with Gasteiger partial charge in [-0.3, -0.25) is 4.79 Å². The van der Waals surface area contributed by atoms with Crippen LogP contribution in [0.3, 0.4) is 0 Å². The highest BCUT2D eigenvalue weighted by Crippen LogP contribution is 2.12. The Hall–Kier alpha value is -1.88. The summed E-state index contributed by atoms with van der Waals surface area (Å²) in [6.45, 7) is 2.38. The molecule has 0 saturated heterocycles. The van der Waals surface area contributed by atoms with E-state index in [0.29, 0.717) is 24.2 Å². The fourth-order valence-electron chi connectivity index (χ4n) is 1.45. The number of nitrogens with two attached hydrogens (primary N) is 1. The van der Waals surface area contributed by atoms with Crippen LogP contribution in [0.2, 0.25) is 0 Å². The Kier molecular flexibility index (Phi) is 5.32. The summed E-state index contributed by atoms with van der Waals surface area (Å²) in [7, 11) is 1.32. The minimum atomic E-state index is -0.429. The molecule has 1 aromatic rings. The van der Waals surface area contributed by atoms with Crippen molar-refractivity contribution in [2.75, 3.05) is 19.0 Å². The minimum Gasteiger partial charge on any atom is -0.465 e. The molecule has 0 spiro atoms. The summed E-state index contributed by atoms with van der Waals surface area (Å²) < 4.78 is 4.61. The van der Waals surface area contributed by atoms with E-state index < -0.39 is 5.97 Å². The first-order chi connectivity index (χ1) is 8.56. The molecule has 1 amide bonds. The van der Waals surface area contributed by atoms with Crippen LogP contribution in [0.4, 0.5) is 5.69 Å². The zero-order valence-corrected chi connectivity index (χ0v) is 10.6. The van der Waals surface area contributed by atoms with Crippen molar-refractivity contribution in [3.63, 3.8) is 0 Å². The number of esters is 1. The highest BCUT2D eigenvalue weighted by atomic mass is 16.5. The number of amides is 1. The number of methoxy groups -OCH3 is 1. The largest absolute Gasteiger partial charge is 0.465 e. The van der Waals surface area contributed by atoms with E-state index in [1.807, 2.05) is 6.92 Å². The van der Waals surface area contributed by atoms with Gasteiger partial charge in [0.25, 0.3) is 0 Å². The smallest absolute Gasteiger partial charge is 0.337 e. The van der Waals surface area contributed by atoms with Gasteiger partial charge in [0.2, 0.25) is 5.91 Å². The van der Waals surface area contributed by atoms with Gasteiger partial charge in [-0.05, 0) is 30.7 Å². The Bertz CT molecular complexity index is 432. The Balaban J connectivity index is 2.67. The van der Waals surface area contributed by atoms with E-state index in [1.54, 1.807) is 24.3 Å². The SMILES string of the molecule is COC(=O)c1cccc(NC(=O)CC(C)CN)c1. The van der Waals surface area contributed by atoms with E-state index in [-0.39, 0.29) is 11.8 Å². The molecule has 5 nitrogen and oxygen atoms in total. The maximum Gasteiger partial charge on any atom is 0.337 e. The number of hydrogen-bond donors (Lipinski definition) is 2. The molecule has 0 aliphatic carbocycles. The second-order valence-electron chi connectivity index (χ2n) is 4.17. The quantitative estimate of drug-likeness (QED) is 0.774. The van der Waals surface area contributed by atoms with E-state index >= 15 is 0 Å². The molecule has 98 valence electrons. The number of carbonyl (C=O) groups is 2. The van der Waals surface area contributed by atoms with Gasteiger partial charge in [0.1, 0.15) is 0 Å². The molecule has 0 aliphatic rings. The van der Waals surface area contributed by atoms with Crippen molar-refractivity contribution in [1.82, 2.24) is 0 Å². The normalized spacial score (nSPS) is 11.7. The van der Waals surface area contributed by atoms with Crippen LogP contribution < -0.4 is 11.1 Å². The van der Waals surface area contributed by atoms with Crippen LogP contribution in [0.1, 0.15) is 23.7 Å². The van der Waals surface area contributed by atoms with Gasteiger partial charge < -0.3 is 15.8 Å². The molecule has 0 radical (unpaired) electrons. The molecule has 0 aliphatic heterocycles. The zero-order chi connectivity index (χ0) is 13.5. The molecular weight excluding hydrogens is 232 g/mol. The van der Waals surface area contributed by atoms with E-state index in [9.17, 15) is 9.59 Å². The molecule has 1 rings (SSSR count). The number of anilines is 1. The first kappa shape index (κ1) is 14.2. The summed E-state index contributed by atoms with van der Waals surface area (Å²) in [5, 5.41) is 2.72. The van der Waals surface area contributed by atoms with Gasteiger partial charge in [0.15, 0.2) is 0 Å². The number of carbonyl (C=O) groups excluding carboxylic acids is 2. The van der Waals surface area contributed by atoms with Gasteiger partial charge >= 0.3 is 5.97 Å². The second kappa shape index (κ2) is 6.76. The highest BCUT2D eigenvalue weighted by molar-refractivity contribution is 5.94. The summed E-state index contributed by atoms with van der Waals surface area (Å²) in [5.74, 6) is -0.412. The third-order valence-electron chi connectivity index (χ3n) is 2.50. The maximum absolute atomic E-state index is 11.6. The molecule has 3 N–H and O–H groups in total. The number of rotatable bonds is 5. The molecule has 1 atom stereocenters. The molecule has 0 fully saturated rings. The summed E-state index contributed by atoms with van der Waals surface area (Å²) in [5.41, 5.74) is 6.44. The summed E-state index contributed by atoms with van der Waals surface area (Å²) in [6.07, 6.45) is 0.360. The van der Waals surface area contributed by atoms with Crippen LogP contribution in [0.5, 0.6) is 0 Å². The lowest BCUT2D eigenvalue weighted by molar-refractivity contribution is -0.116. The molecule has 0 aromatic heterocycles. The number of ether oxygens (including phenoxy) is 1. The Morgan fingerprint density at radius 3 is 2.78 bits per heavy atom. The predicted molar refractivity (Wildman–Crippen MR) is 69.2 cm³/mol. The molecule has 1 aromatic carbocycles. The van der Waals surface area contributed by atoms with E-state index in [2.05, 4.69) is 10.1 Å². The number of benzene rings is 1. The molecule has 0 heterocycles. The minimum absolute atomic E-state index is 0.116. The van der Waals surface area contributed by atoms with Crippen molar-refractivity contribution < 1.29 is 14.3 Å². The topological polar surface area (TPSA) is 81.4 Å². The average molecular weight is 250 g/mol. The number of nitrogens with one attached hydrogen (secondary N) is 1. The second-order valence-corrected chi connectivity index (χ2v) is 4.17. The van der Waals surface area contributed by atoms with Crippen LogP contribution >= 0.6 is 0 Å². The van der Waals surface area contributed by atoms with E-state index in [4.69, 9.17) is 5.73 Å². The zero-order valence-electron chi connectivity index (χ0n) is 10.6. The van der Waals surface area contributed by atoms with Crippen molar-refractivity contribution in [1.29, 1.82) is 0 Å². The Morgan fingerprint density at radius 2 is 2.17 bits per heavy atom. The molecular formula is C13H18N2O3. The van der Waals surface area contributed by atoms with Crippen LogP contribution in [0.25, 0.3) is 0 Å². The third-order valence-corrected chi connectivity index (χ3v) is 2.50. The summed E-state index contributed by atoms with van der Waals surface area (Å²) in [4.78, 5) is 23.0. The van der Waals surface area contributed by atoms with Crippen LogP contribution in [0, 0.1) is 5.92 Å². The van der Waals surface area contributed by atoms with Crippen LogP contribution in [-0.2, 0) is 9.53 Å². The van der Waals surface area contributed by atoms with Gasteiger partial charge in [-0.1, -0.05) is 13.0 Å². The lowest BCUT2D eigenvalue weighted by Crippen LogP contribution is -2.20. The van der Waals surface area contributed by atoms with Crippen molar-refractivity contribution in [3.05, 3.63) is 29.8 Å². The van der Waals surface area contributed by atoms with Crippen molar-refractivity contribution in [2.24, 2.45) is 11.7 Å². The predicted octanol–water partition coefficient (Wildman–Crippen LogP) is 1.40. The van der Waals surface area contributed by atoms with Crippen molar-refractivity contribution in [3.8, 4) is 0 Å². The van der Waals surface area contributed by atoms with E-state index in [1.165, 1.54) is 7.11 Å². The lowest BCUT2D eigenvalue weighted by atomic mass is 10.1. The van der Waals surface area contributed by atoms with Gasteiger partial charge in [0.05, 0.1) is 12.7 Å². The number of hydrogen-bond acceptors (Lipinski definition) is 4. The van der Waals surface area contributed by atoms with Gasteiger partial charge in [-0.15, -0.1) is 0 Å². The van der Waals surface area contributed by atoms with Crippen LogP contribution in [0.15, 0.2) is 24.3 Å². The van der Waals surface area contributed by atoms with Gasteiger partial charge in [-0.2, -0.15) is 0 Å². The van der Waals surface area contributed by atoms with Gasteiger partial charge in [-0.25, -0.2) is 4.79 Å². The van der Waals surface area contributed by atoms with Crippen LogP contribution in [-0.4, -0.2) is 25.5 Å². The average Bonchev–Trinajstić information content (AvgIpc) is 2.37. The molecule has 1 unspecified atom stereocenters. The lowest BCUT2D eigenvalue weighted by Gasteiger charge is -2.09. The Morgan fingerprint density at radius 1 is 1.44 bits per heavy atom. The van der Waals surface area contributed by atoms with Crippen molar-refractivity contribution in [2.45, 2.75) is 13.3 Å². The molecule has 0 bridgehead atoms. The highest BCUT2D eigenvalue weighted by Gasteiger charge is 2.10. The first-order valence-electron chi connectivity index (χ1n) is 5.75. The first-order valence-corrected chi connectivity index (χ1v) is 5.75. The summed E-state index contributed by atoms with van der Waals surface area (Å²) >= 11 is 0. The fraction of sp³-hybridized carbons (Fsp3) is 0.385. The van der Waals surface area contributed by atoms with E-state index in [0.717, 1.165) is 0 Å². The maximum atomic E-state index is 11.6. The van der Waals surface area contributed by atoms with Crippen molar-refractivity contribution >= 4 is 17.6 Å².